The van der Waals surface area contributed by atoms with E-state index in [9.17, 15) is 0 Å². The lowest BCUT2D eigenvalue weighted by atomic mass is 9.81. The van der Waals surface area contributed by atoms with Crippen LogP contribution in [0.5, 0.6) is 0 Å². The van der Waals surface area contributed by atoms with Crippen LogP contribution in [0.15, 0.2) is 0 Å². The molecule has 1 aromatic rings. The lowest BCUT2D eigenvalue weighted by Crippen LogP contribution is -2.30. The Bertz CT molecular complexity index is 377. The fraction of sp³-hybridized carbons (Fsp3) is 0.786. The smallest absolute Gasteiger partial charge is 0.0641 e. The van der Waals surface area contributed by atoms with Gasteiger partial charge in [0.1, 0.15) is 0 Å². The molecule has 0 bridgehead atoms. The van der Waals surface area contributed by atoms with E-state index in [-0.39, 0.29) is 0 Å². The standard InChI is InChI=1S/C14H25N3/c1-10(8-13-6-5-7-13)15-9-14-11(2)16-17(4)12(14)3/h10,13,15H,5-9H2,1-4H3. The topological polar surface area (TPSA) is 29.9 Å². The van der Waals surface area contributed by atoms with Gasteiger partial charge in [0.2, 0.25) is 0 Å². The molecule has 3 heteroatoms. The molecule has 17 heavy (non-hydrogen) atoms. The first-order valence-electron chi connectivity index (χ1n) is 6.80. The zero-order chi connectivity index (χ0) is 12.4. The maximum Gasteiger partial charge on any atom is 0.0641 e. The average Bonchev–Trinajstić information content (AvgIpc) is 2.45. The Kier molecular flexibility index (Phi) is 3.87. The Morgan fingerprint density at radius 2 is 2.12 bits per heavy atom. The van der Waals surface area contributed by atoms with E-state index < -0.39 is 0 Å². The van der Waals surface area contributed by atoms with Crippen LogP contribution < -0.4 is 5.32 Å². The fourth-order valence-corrected chi connectivity index (χ4v) is 2.66. The molecule has 1 atom stereocenters. The number of hydrogen-bond acceptors (Lipinski definition) is 2. The van der Waals surface area contributed by atoms with Crippen LogP contribution in [0.2, 0.25) is 0 Å². The SMILES string of the molecule is Cc1nn(C)c(C)c1CNC(C)CC1CCC1. The Labute approximate surface area is 105 Å². The third kappa shape index (κ3) is 2.89. The Morgan fingerprint density at radius 1 is 1.41 bits per heavy atom. The zero-order valence-corrected chi connectivity index (χ0v) is 11.6. The molecule has 96 valence electrons. The Balaban J connectivity index is 1.83. The van der Waals surface area contributed by atoms with Crippen LogP contribution in [0.4, 0.5) is 0 Å². The molecule has 3 nitrogen and oxygen atoms in total. The number of rotatable bonds is 5. The first kappa shape index (κ1) is 12.6. The van der Waals surface area contributed by atoms with Gasteiger partial charge in [-0.2, -0.15) is 5.10 Å². The summed E-state index contributed by atoms with van der Waals surface area (Å²) in [7, 11) is 2.02. The van der Waals surface area contributed by atoms with E-state index in [0.29, 0.717) is 6.04 Å². The van der Waals surface area contributed by atoms with Gasteiger partial charge in [0.15, 0.2) is 0 Å². The van der Waals surface area contributed by atoms with E-state index in [0.717, 1.165) is 18.2 Å². The summed E-state index contributed by atoms with van der Waals surface area (Å²) in [6.45, 7) is 7.51. The van der Waals surface area contributed by atoms with Gasteiger partial charge in [-0.15, -0.1) is 0 Å². The van der Waals surface area contributed by atoms with Crippen molar-refractivity contribution in [3.05, 3.63) is 17.0 Å². The lowest BCUT2D eigenvalue weighted by molar-refractivity contribution is 0.265. The molecule has 1 heterocycles. The summed E-state index contributed by atoms with van der Waals surface area (Å²) in [6, 6.07) is 0.624. The highest BCUT2D eigenvalue weighted by Crippen LogP contribution is 2.30. The maximum atomic E-state index is 4.45. The molecule has 2 rings (SSSR count). The van der Waals surface area contributed by atoms with E-state index in [1.54, 1.807) is 0 Å². The quantitative estimate of drug-likeness (QED) is 0.850. The van der Waals surface area contributed by atoms with Crippen molar-refractivity contribution >= 4 is 0 Å². The van der Waals surface area contributed by atoms with Gasteiger partial charge in [-0.1, -0.05) is 19.3 Å². The number of aromatic nitrogens is 2. The van der Waals surface area contributed by atoms with E-state index in [1.807, 2.05) is 11.7 Å². The molecule has 1 aliphatic carbocycles. The predicted octanol–water partition coefficient (Wildman–Crippen LogP) is 2.71. The number of nitrogens with one attached hydrogen (secondary N) is 1. The van der Waals surface area contributed by atoms with Gasteiger partial charge in [0.05, 0.1) is 5.69 Å². The summed E-state index contributed by atoms with van der Waals surface area (Å²) < 4.78 is 1.98. The molecular weight excluding hydrogens is 210 g/mol. The van der Waals surface area contributed by atoms with E-state index in [2.05, 4.69) is 31.2 Å². The number of aryl methyl sites for hydroxylation is 2. The van der Waals surface area contributed by atoms with Crippen molar-refractivity contribution in [1.82, 2.24) is 15.1 Å². The van der Waals surface area contributed by atoms with Crippen molar-refractivity contribution in [2.75, 3.05) is 0 Å². The second-order valence-electron chi connectivity index (χ2n) is 5.59. The van der Waals surface area contributed by atoms with Gasteiger partial charge < -0.3 is 5.32 Å². The van der Waals surface area contributed by atoms with Crippen LogP contribution in [0.3, 0.4) is 0 Å². The van der Waals surface area contributed by atoms with E-state index in [1.165, 1.54) is 36.9 Å². The minimum atomic E-state index is 0.624. The molecule has 1 N–H and O–H groups in total. The molecule has 1 aliphatic rings. The molecule has 0 spiro atoms. The van der Waals surface area contributed by atoms with Gasteiger partial charge in [0, 0.05) is 30.9 Å². The highest BCUT2D eigenvalue weighted by Gasteiger charge is 2.20. The monoisotopic (exact) mass is 235 g/mol. The zero-order valence-electron chi connectivity index (χ0n) is 11.6. The number of hydrogen-bond donors (Lipinski definition) is 1. The third-order valence-corrected chi connectivity index (χ3v) is 4.20. The average molecular weight is 235 g/mol. The van der Waals surface area contributed by atoms with Gasteiger partial charge in [-0.05, 0) is 33.1 Å². The predicted molar refractivity (Wildman–Crippen MR) is 70.9 cm³/mol. The van der Waals surface area contributed by atoms with Crippen LogP contribution >= 0.6 is 0 Å². The van der Waals surface area contributed by atoms with Crippen molar-refractivity contribution < 1.29 is 0 Å². The van der Waals surface area contributed by atoms with Gasteiger partial charge >= 0.3 is 0 Å². The molecule has 1 fully saturated rings. The van der Waals surface area contributed by atoms with Crippen LogP contribution in [-0.4, -0.2) is 15.8 Å². The first-order valence-corrected chi connectivity index (χ1v) is 6.80. The van der Waals surface area contributed by atoms with Gasteiger partial charge in [-0.3, -0.25) is 4.68 Å². The highest BCUT2D eigenvalue weighted by molar-refractivity contribution is 5.24. The summed E-state index contributed by atoms with van der Waals surface area (Å²) in [5, 5.41) is 8.09. The van der Waals surface area contributed by atoms with Crippen LogP contribution in [-0.2, 0) is 13.6 Å². The maximum absolute atomic E-state index is 4.45. The molecule has 1 aromatic heterocycles. The second kappa shape index (κ2) is 5.21. The fourth-order valence-electron chi connectivity index (χ4n) is 2.66. The minimum Gasteiger partial charge on any atom is -0.310 e. The normalized spacial score (nSPS) is 18.1. The van der Waals surface area contributed by atoms with Crippen molar-refractivity contribution in [2.45, 2.75) is 59.0 Å². The summed E-state index contributed by atoms with van der Waals surface area (Å²) in [4.78, 5) is 0. The Hall–Kier alpha value is -0.830. The Morgan fingerprint density at radius 3 is 2.59 bits per heavy atom. The van der Waals surface area contributed by atoms with Crippen molar-refractivity contribution in [3.8, 4) is 0 Å². The number of nitrogens with zero attached hydrogens (tertiary/aromatic N) is 2. The molecule has 0 saturated heterocycles. The molecular formula is C14H25N3. The van der Waals surface area contributed by atoms with Crippen LogP contribution in [0.1, 0.15) is 49.6 Å². The largest absolute Gasteiger partial charge is 0.310 e. The van der Waals surface area contributed by atoms with Crippen molar-refractivity contribution in [2.24, 2.45) is 13.0 Å². The van der Waals surface area contributed by atoms with Crippen molar-refractivity contribution in [3.63, 3.8) is 0 Å². The van der Waals surface area contributed by atoms with E-state index >= 15 is 0 Å². The lowest BCUT2D eigenvalue weighted by Gasteiger charge is -2.28. The summed E-state index contributed by atoms with van der Waals surface area (Å²) in [5.41, 5.74) is 3.81. The van der Waals surface area contributed by atoms with E-state index in [4.69, 9.17) is 0 Å². The minimum absolute atomic E-state index is 0.624. The summed E-state index contributed by atoms with van der Waals surface area (Å²) >= 11 is 0. The second-order valence-corrected chi connectivity index (χ2v) is 5.59. The molecule has 0 radical (unpaired) electrons. The van der Waals surface area contributed by atoms with Crippen LogP contribution in [0, 0.1) is 19.8 Å². The van der Waals surface area contributed by atoms with Crippen LogP contribution in [0.25, 0.3) is 0 Å². The first-order chi connectivity index (χ1) is 8.08. The van der Waals surface area contributed by atoms with Gasteiger partial charge in [0.25, 0.3) is 0 Å². The molecule has 0 amide bonds. The van der Waals surface area contributed by atoms with Crippen molar-refractivity contribution in [1.29, 1.82) is 0 Å². The summed E-state index contributed by atoms with van der Waals surface area (Å²) in [6.07, 6.45) is 5.66. The third-order valence-electron chi connectivity index (χ3n) is 4.20. The molecule has 0 aliphatic heterocycles. The summed E-state index contributed by atoms with van der Waals surface area (Å²) in [5.74, 6) is 0.980. The molecule has 1 unspecified atom stereocenters. The highest BCUT2D eigenvalue weighted by atomic mass is 15.3. The molecule has 1 saturated carbocycles. The molecule has 0 aromatic carbocycles. The van der Waals surface area contributed by atoms with Gasteiger partial charge in [-0.25, -0.2) is 0 Å².